The number of hydrogen-bond donors (Lipinski definition) is 1. The van der Waals surface area contributed by atoms with Gasteiger partial charge in [0.2, 0.25) is 0 Å². The number of carbonyl (C=O) groups is 2. The number of nitrogens with zero attached hydrogens (tertiary/aromatic N) is 3. The highest BCUT2D eigenvalue weighted by Crippen LogP contribution is 2.24. The van der Waals surface area contributed by atoms with Crippen molar-refractivity contribution in [3.63, 3.8) is 0 Å². The van der Waals surface area contributed by atoms with Gasteiger partial charge in [0.05, 0.1) is 36.7 Å². The number of rotatable bonds is 6. The van der Waals surface area contributed by atoms with E-state index in [1.165, 1.54) is 7.11 Å². The van der Waals surface area contributed by atoms with Crippen molar-refractivity contribution in [2.45, 2.75) is 39.3 Å². The normalized spacial score (nSPS) is 12.2. The molecule has 0 bridgehead atoms. The molecule has 1 N–H and O–H groups in total. The third kappa shape index (κ3) is 4.64. The molecule has 0 saturated heterocycles. The summed E-state index contributed by atoms with van der Waals surface area (Å²) in [5, 5.41) is 8.03. The van der Waals surface area contributed by atoms with Crippen LogP contribution < -0.4 is 5.32 Å². The van der Waals surface area contributed by atoms with Gasteiger partial charge in [-0.3, -0.25) is 9.59 Å². The van der Waals surface area contributed by atoms with Crippen LogP contribution in [-0.4, -0.2) is 33.8 Å². The van der Waals surface area contributed by atoms with Crippen molar-refractivity contribution in [1.29, 1.82) is 0 Å². The number of esters is 1. The molecule has 1 amide bonds. The Morgan fingerprint density at radius 2 is 1.93 bits per heavy atom. The van der Waals surface area contributed by atoms with Gasteiger partial charge in [-0.1, -0.05) is 28.1 Å². The maximum atomic E-state index is 13.2. The second-order valence-corrected chi connectivity index (χ2v) is 8.00. The number of nitrogens with one attached hydrogen (secondary N) is 1. The topological polar surface area (TPSA) is 86.1 Å². The molecule has 0 aliphatic rings. The number of fused-ring (bicyclic) bond motifs is 1. The van der Waals surface area contributed by atoms with E-state index >= 15 is 0 Å². The largest absolute Gasteiger partial charge is 0.469 e. The second-order valence-electron chi connectivity index (χ2n) is 7.09. The van der Waals surface area contributed by atoms with Crippen LogP contribution in [0.2, 0.25) is 0 Å². The van der Waals surface area contributed by atoms with E-state index in [0.717, 1.165) is 15.7 Å². The zero-order chi connectivity index (χ0) is 21.1. The predicted octanol–water partition coefficient (Wildman–Crippen LogP) is 4.12. The lowest BCUT2D eigenvalue weighted by molar-refractivity contribution is -0.141. The molecule has 3 rings (SSSR count). The third-order valence-corrected chi connectivity index (χ3v) is 5.13. The van der Waals surface area contributed by atoms with Crippen molar-refractivity contribution >= 4 is 38.8 Å². The Labute approximate surface area is 177 Å². The summed E-state index contributed by atoms with van der Waals surface area (Å²) in [6.45, 7) is 5.86. The molecule has 7 nitrogen and oxygen atoms in total. The summed E-state index contributed by atoms with van der Waals surface area (Å²) in [5.74, 6) is -0.692. The lowest BCUT2D eigenvalue weighted by atomic mass is 10.0. The summed E-state index contributed by atoms with van der Waals surface area (Å²) in [6, 6.07) is 8.80. The third-order valence-electron chi connectivity index (χ3n) is 4.60. The van der Waals surface area contributed by atoms with E-state index in [2.05, 4.69) is 31.3 Å². The van der Waals surface area contributed by atoms with Crippen LogP contribution in [0.25, 0.3) is 11.0 Å². The minimum atomic E-state index is -0.522. The van der Waals surface area contributed by atoms with Gasteiger partial charge in [0.25, 0.3) is 5.91 Å². The van der Waals surface area contributed by atoms with Crippen LogP contribution in [0.4, 0.5) is 0 Å². The van der Waals surface area contributed by atoms with E-state index < -0.39 is 12.0 Å². The number of pyridine rings is 1. The van der Waals surface area contributed by atoms with Crippen molar-refractivity contribution in [2.24, 2.45) is 0 Å². The van der Waals surface area contributed by atoms with Crippen LogP contribution in [0.1, 0.15) is 54.0 Å². The molecule has 1 atom stereocenters. The molecule has 152 valence electrons. The molecule has 0 spiro atoms. The van der Waals surface area contributed by atoms with Gasteiger partial charge >= 0.3 is 5.97 Å². The molecule has 0 saturated carbocycles. The predicted molar refractivity (Wildman–Crippen MR) is 114 cm³/mol. The zero-order valence-corrected chi connectivity index (χ0v) is 18.4. The smallest absolute Gasteiger partial charge is 0.307 e. The Hall–Kier alpha value is -2.74. The molecular weight excluding hydrogens is 436 g/mol. The standard InChI is InChI=1S/C21H23BrN4O3/c1-12(2)26-20-17(11-23-26)16(9-13(3)24-20)21(28)25-18(10-19(27)29-4)14-5-7-15(22)8-6-14/h5-9,11-12,18H,10H2,1-4H3,(H,25,28)/t18-/m1/s1. The number of halogens is 1. The first-order chi connectivity index (χ1) is 13.8. The average molecular weight is 459 g/mol. The van der Waals surface area contributed by atoms with Gasteiger partial charge in [0.1, 0.15) is 0 Å². The van der Waals surface area contributed by atoms with Crippen molar-refractivity contribution in [2.75, 3.05) is 7.11 Å². The molecule has 3 aromatic rings. The molecular formula is C21H23BrN4O3. The molecule has 8 heteroatoms. The molecule has 2 heterocycles. The highest BCUT2D eigenvalue weighted by molar-refractivity contribution is 9.10. The van der Waals surface area contributed by atoms with Crippen LogP contribution in [0.15, 0.2) is 41.0 Å². The summed E-state index contributed by atoms with van der Waals surface area (Å²) in [5.41, 5.74) is 2.68. The Morgan fingerprint density at radius 3 is 2.55 bits per heavy atom. The van der Waals surface area contributed by atoms with Crippen LogP contribution in [-0.2, 0) is 9.53 Å². The molecule has 0 fully saturated rings. The minimum absolute atomic E-state index is 0.0301. The van der Waals surface area contributed by atoms with Gasteiger partial charge in [-0.2, -0.15) is 5.10 Å². The van der Waals surface area contributed by atoms with E-state index in [0.29, 0.717) is 16.6 Å². The van der Waals surface area contributed by atoms with Crippen molar-refractivity contribution in [1.82, 2.24) is 20.1 Å². The zero-order valence-electron chi connectivity index (χ0n) is 16.8. The van der Waals surface area contributed by atoms with Crippen LogP contribution >= 0.6 is 15.9 Å². The summed E-state index contributed by atoms with van der Waals surface area (Å²) >= 11 is 3.40. The number of methoxy groups -OCH3 is 1. The fraction of sp³-hybridized carbons (Fsp3) is 0.333. The number of aryl methyl sites for hydroxylation is 1. The van der Waals surface area contributed by atoms with Crippen molar-refractivity contribution in [3.05, 3.63) is 57.8 Å². The second kappa shape index (κ2) is 8.73. The van der Waals surface area contributed by atoms with Crippen LogP contribution in [0.5, 0.6) is 0 Å². The van der Waals surface area contributed by atoms with Gasteiger partial charge in [0, 0.05) is 16.2 Å². The molecule has 2 aromatic heterocycles. The number of hydrogen-bond acceptors (Lipinski definition) is 5. The van der Waals surface area contributed by atoms with Gasteiger partial charge in [-0.25, -0.2) is 9.67 Å². The molecule has 0 aliphatic carbocycles. The number of carbonyl (C=O) groups excluding carboxylic acids is 2. The van der Waals surface area contributed by atoms with Gasteiger partial charge in [-0.15, -0.1) is 0 Å². The average Bonchev–Trinajstić information content (AvgIpc) is 3.11. The minimum Gasteiger partial charge on any atom is -0.469 e. The summed E-state index contributed by atoms with van der Waals surface area (Å²) < 4.78 is 7.51. The summed E-state index contributed by atoms with van der Waals surface area (Å²) in [7, 11) is 1.33. The fourth-order valence-electron chi connectivity index (χ4n) is 3.14. The van der Waals surface area contributed by atoms with Gasteiger partial charge < -0.3 is 10.1 Å². The Kier molecular flexibility index (Phi) is 6.32. The molecule has 0 unspecified atom stereocenters. The van der Waals surface area contributed by atoms with Gasteiger partial charge in [0.15, 0.2) is 5.65 Å². The van der Waals surface area contributed by atoms with Crippen molar-refractivity contribution < 1.29 is 14.3 Å². The van der Waals surface area contributed by atoms with E-state index in [9.17, 15) is 9.59 Å². The first-order valence-electron chi connectivity index (χ1n) is 9.28. The van der Waals surface area contributed by atoms with Crippen LogP contribution in [0.3, 0.4) is 0 Å². The van der Waals surface area contributed by atoms with Gasteiger partial charge in [-0.05, 0) is 44.5 Å². The summed E-state index contributed by atoms with van der Waals surface area (Å²) in [6.07, 6.45) is 1.69. The molecule has 29 heavy (non-hydrogen) atoms. The fourth-order valence-corrected chi connectivity index (χ4v) is 3.41. The lowest BCUT2D eigenvalue weighted by Gasteiger charge is -2.19. The number of ether oxygens (including phenoxy) is 1. The van der Waals surface area contributed by atoms with E-state index in [4.69, 9.17) is 4.74 Å². The van der Waals surface area contributed by atoms with Crippen molar-refractivity contribution in [3.8, 4) is 0 Å². The molecule has 0 aliphatic heterocycles. The first-order valence-corrected chi connectivity index (χ1v) is 10.1. The highest BCUT2D eigenvalue weighted by Gasteiger charge is 2.22. The van der Waals surface area contributed by atoms with E-state index in [1.54, 1.807) is 16.9 Å². The maximum Gasteiger partial charge on any atom is 0.307 e. The Morgan fingerprint density at radius 1 is 1.24 bits per heavy atom. The highest BCUT2D eigenvalue weighted by atomic mass is 79.9. The monoisotopic (exact) mass is 458 g/mol. The SMILES string of the molecule is COC(=O)C[C@@H](NC(=O)c1cc(C)nc2c1cnn2C(C)C)c1ccc(Br)cc1. The quantitative estimate of drug-likeness (QED) is 0.561. The molecule has 1 aromatic carbocycles. The first kappa shape index (κ1) is 21.0. The number of aromatic nitrogens is 3. The Balaban J connectivity index is 1.97. The maximum absolute atomic E-state index is 13.2. The Bertz CT molecular complexity index is 1040. The van der Waals surface area contributed by atoms with Crippen LogP contribution in [0, 0.1) is 6.92 Å². The number of amides is 1. The lowest BCUT2D eigenvalue weighted by Crippen LogP contribution is -2.30. The molecule has 0 radical (unpaired) electrons. The van der Waals surface area contributed by atoms with E-state index in [1.807, 2.05) is 45.0 Å². The van der Waals surface area contributed by atoms with E-state index in [-0.39, 0.29) is 18.4 Å². The number of benzene rings is 1. The summed E-state index contributed by atoms with van der Waals surface area (Å²) in [4.78, 5) is 29.6.